The number of amides is 1. The summed E-state index contributed by atoms with van der Waals surface area (Å²) < 4.78 is 1.60. The van der Waals surface area contributed by atoms with Crippen molar-refractivity contribution in [1.82, 2.24) is 25.5 Å². The SMILES string of the molecule is CCCCn1nnnc1CC(=O)NCCC(=O)O. The number of carboxylic acid groups (broad SMARTS) is 1. The Balaban J connectivity index is 2.39. The number of aromatic nitrogens is 4. The third kappa shape index (κ3) is 4.89. The van der Waals surface area contributed by atoms with Crippen molar-refractivity contribution in [2.45, 2.75) is 39.2 Å². The molecule has 1 rings (SSSR count). The minimum Gasteiger partial charge on any atom is -0.481 e. The van der Waals surface area contributed by atoms with Crippen molar-refractivity contribution in [1.29, 1.82) is 0 Å². The van der Waals surface area contributed by atoms with Crippen LogP contribution < -0.4 is 5.32 Å². The number of unbranched alkanes of at least 4 members (excludes halogenated alkanes) is 1. The molecule has 1 aromatic heterocycles. The topological polar surface area (TPSA) is 110 Å². The number of carbonyl (C=O) groups is 2. The van der Waals surface area contributed by atoms with E-state index in [0.717, 1.165) is 12.8 Å². The molecule has 8 heteroatoms. The van der Waals surface area contributed by atoms with E-state index in [2.05, 4.69) is 27.8 Å². The minimum absolute atomic E-state index is 0.0658. The molecule has 8 nitrogen and oxygen atoms in total. The zero-order valence-electron chi connectivity index (χ0n) is 10.3. The number of nitrogens with one attached hydrogen (secondary N) is 1. The van der Waals surface area contributed by atoms with Gasteiger partial charge in [-0.2, -0.15) is 0 Å². The summed E-state index contributed by atoms with van der Waals surface area (Å²) in [6, 6.07) is 0. The van der Waals surface area contributed by atoms with E-state index in [1.165, 1.54) is 0 Å². The van der Waals surface area contributed by atoms with E-state index >= 15 is 0 Å². The van der Waals surface area contributed by atoms with E-state index in [1.54, 1.807) is 4.68 Å². The highest BCUT2D eigenvalue weighted by Crippen LogP contribution is 1.98. The first-order valence-corrected chi connectivity index (χ1v) is 5.87. The lowest BCUT2D eigenvalue weighted by Crippen LogP contribution is -2.28. The van der Waals surface area contributed by atoms with Gasteiger partial charge in [0.05, 0.1) is 12.8 Å². The van der Waals surface area contributed by atoms with Gasteiger partial charge in [0.2, 0.25) is 5.91 Å². The van der Waals surface area contributed by atoms with Crippen LogP contribution in [0, 0.1) is 0 Å². The van der Waals surface area contributed by atoms with Gasteiger partial charge >= 0.3 is 5.97 Å². The highest BCUT2D eigenvalue weighted by Gasteiger charge is 2.11. The van der Waals surface area contributed by atoms with Crippen LogP contribution in [0.3, 0.4) is 0 Å². The molecule has 0 aromatic carbocycles. The Hall–Kier alpha value is -1.99. The molecule has 0 radical (unpaired) electrons. The second-order valence-electron chi connectivity index (χ2n) is 3.84. The van der Waals surface area contributed by atoms with Crippen molar-refractivity contribution in [3.63, 3.8) is 0 Å². The number of nitrogens with zero attached hydrogens (tertiary/aromatic N) is 4. The molecule has 0 fully saturated rings. The third-order valence-electron chi connectivity index (χ3n) is 2.31. The molecule has 0 aliphatic rings. The second kappa shape index (κ2) is 7.36. The normalized spacial score (nSPS) is 10.3. The van der Waals surface area contributed by atoms with Crippen molar-refractivity contribution in [3.8, 4) is 0 Å². The van der Waals surface area contributed by atoms with Crippen LogP contribution >= 0.6 is 0 Å². The first-order valence-electron chi connectivity index (χ1n) is 5.87. The maximum atomic E-state index is 11.5. The number of tetrazole rings is 1. The molecule has 1 heterocycles. The quantitative estimate of drug-likeness (QED) is 0.654. The van der Waals surface area contributed by atoms with E-state index in [0.29, 0.717) is 12.4 Å². The van der Waals surface area contributed by atoms with Crippen LogP contribution in [0.2, 0.25) is 0 Å². The predicted octanol–water partition coefficient (Wildman–Crippen LogP) is -0.393. The first kappa shape index (κ1) is 14.1. The summed E-state index contributed by atoms with van der Waals surface area (Å²) in [6.07, 6.45) is 1.94. The molecule has 0 saturated heterocycles. The van der Waals surface area contributed by atoms with Crippen LogP contribution in [-0.2, 0) is 22.6 Å². The van der Waals surface area contributed by atoms with Gasteiger partial charge in [0.25, 0.3) is 0 Å². The molecule has 100 valence electrons. The third-order valence-corrected chi connectivity index (χ3v) is 2.31. The Morgan fingerprint density at radius 1 is 1.44 bits per heavy atom. The van der Waals surface area contributed by atoms with Crippen LogP contribution in [-0.4, -0.2) is 43.7 Å². The van der Waals surface area contributed by atoms with Gasteiger partial charge in [0.15, 0.2) is 5.82 Å². The van der Waals surface area contributed by atoms with Gasteiger partial charge in [-0.25, -0.2) is 4.68 Å². The van der Waals surface area contributed by atoms with E-state index in [9.17, 15) is 9.59 Å². The summed E-state index contributed by atoms with van der Waals surface area (Å²) in [5, 5.41) is 22.0. The number of carboxylic acids is 1. The summed E-state index contributed by atoms with van der Waals surface area (Å²) in [4.78, 5) is 21.8. The molecule has 0 atom stereocenters. The molecule has 0 aliphatic carbocycles. The smallest absolute Gasteiger partial charge is 0.305 e. The number of hydrogen-bond donors (Lipinski definition) is 2. The van der Waals surface area contributed by atoms with Crippen molar-refractivity contribution in [3.05, 3.63) is 5.82 Å². The molecular weight excluding hydrogens is 238 g/mol. The molecule has 1 aromatic rings. The Morgan fingerprint density at radius 2 is 2.22 bits per heavy atom. The number of aryl methyl sites for hydroxylation is 1. The first-order chi connectivity index (χ1) is 8.63. The Bertz CT molecular complexity index is 404. The van der Waals surface area contributed by atoms with Gasteiger partial charge in [-0.3, -0.25) is 9.59 Å². The Morgan fingerprint density at radius 3 is 2.89 bits per heavy atom. The van der Waals surface area contributed by atoms with Crippen LogP contribution in [0.4, 0.5) is 0 Å². The minimum atomic E-state index is -0.942. The van der Waals surface area contributed by atoms with Gasteiger partial charge in [0.1, 0.15) is 0 Å². The summed E-state index contributed by atoms with van der Waals surface area (Å²) in [5.74, 6) is -0.719. The summed E-state index contributed by atoms with van der Waals surface area (Å²) in [5.41, 5.74) is 0. The standard InChI is InChI=1S/C10H17N5O3/c1-2-3-6-15-8(12-13-14-15)7-9(16)11-5-4-10(17)18/h2-7H2,1H3,(H,11,16)(H,17,18). The van der Waals surface area contributed by atoms with E-state index in [4.69, 9.17) is 5.11 Å². The molecule has 0 spiro atoms. The van der Waals surface area contributed by atoms with Gasteiger partial charge in [-0.05, 0) is 16.8 Å². The molecule has 0 saturated carbocycles. The molecule has 0 aliphatic heterocycles. The lowest BCUT2D eigenvalue weighted by molar-refractivity contribution is -0.136. The second-order valence-corrected chi connectivity index (χ2v) is 3.84. The van der Waals surface area contributed by atoms with Crippen LogP contribution in [0.5, 0.6) is 0 Å². The van der Waals surface area contributed by atoms with Crippen LogP contribution in [0.25, 0.3) is 0 Å². The van der Waals surface area contributed by atoms with Crippen molar-refractivity contribution >= 4 is 11.9 Å². The highest BCUT2D eigenvalue weighted by atomic mass is 16.4. The van der Waals surface area contributed by atoms with Gasteiger partial charge in [0, 0.05) is 13.1 Å². The lowest BCUT2D eigenvalue weighted by Gasteiger charge is -2.04. The summed E-state index contributed by atoms with van der Waals surface area (Å²) in [6.45, 7) is 2.86. The van der Waals surface area contributed by atoms with Gasteiger partial charge in [-0.15, -0.1) is 5.10 Å². The fraction of sp³-hybridized carbons (Fsp3) is 0.700. The number of hydrogen-bond acceptors (Lipinski definition) is 5. The maximum absolute atomic E-state index is 11.5. The number of aliphatic carboxylic acids is 1. The Kier molecular flexibility index (Phi) is 5.75. The molecule has 18 heavy (non-hydrogen) atoms. The van der Waals surface area contributed by atoms with Crippen LogP contribution in [0.1, 0.15) is 32.0 Å². The summed E-state index contributed by atoms with van der Waals surface area (Å²) in [7, 11) is 0. The Labute approximate surface area is 104 Å². The van der Waals surface area contributed by atoms with Crippen molar-refractivity contribution in [2.75, 3.05) is 6.54 Å². The fourth-order valence-corrected chi connectivity index (χ4v) is 1.35. The monoisotopic (exact) mass is 255 g/mol. The lowest BCUT2D eigenvalue weighted by atomic mass is 10.3. The van der Waals surface area contributed by atoms with Gasteiger partial charge in [-0.1, -0.05) is 13.3 Å². The molecule has 2 N–H and O–H groups in total. The van der Waals surface area contributed by atoms with Crippen LogP contribution in [0.15, 0.2) is 0 Å². The predicted molar refractivity (Wildman–Crippen MR) is 61.7 cm³/mol. The zero-order chi connectivity index (χ0) is 13.4. The number of rotatable bonds is 8. The van der Waals surface area contributed by atoms with E-state index < -0.39 is 5.97 Å². The number of carbonyl (C=O) groups excluding carboxylic acids is 1. The molecule has 0 unspecified atom stereocenters. The largest absolute Gasteiger partial charge is 0.481 e. The molecule has 1 amide bonds. The van der Waals surface area contributed by atoms with Crippen molar-refractivity contribution in [2.24, 2.45) is 0 Å². The van der Waals surface area contributed by atoms with Crippen molar-refractivity contribution < 1.29 is 14.7 Å². The zero-order valence-corrected chi connectivity index (χ0v) is 10.3. The van der Waals surface area contributed by atoms with E-state index in [1.807, 2.05) is 0 Å². The van der Waals surface area contributed by atoms with E-state index in [-0.39, 0.29) is 25.3 Å². The molecule has 0 bridgehead atoms. The highest BCUT2D eigenvalue weighted by molar-refractivity contribution is 5.78. The maximum Gasteiger partial charge on any atom is 0.305 e. The molecular formula is C10H17N5O3. The average Bonchev–Trinajstić information content (AvgIpc) is 2.73. The average molecular weight is 255 g/mol. The summed E-state index contributed by atoms with van der Waals surface area (Å²) >= 11 is 0. The van der Waals surface area contributed by atoms with Gasteiger partial charge < -0.3 is 10.4 Å². The fourth-order valence-electron chi connectivity index (χ4n) is 1.35.